The van der Waals surface area contributed by atoms with Crippen molar-refractivity contribution in [3.8, 4) is 0 Å². The van der Waals surface area contributed by atoms with Gasteiger partial charge < -0.3 is 19.6 Å². The fourth-order valence-electron chi connectivity index (χ4n) is 2.64. The van der Waals surface area contributed by atoms with Gasteiger partial charge in [-0.2, -0.15) is 0 Å². The second-order valence-electron chi connectivity index (χ2n) is 5.68. The van der Waals surface area contributed by atoms with E-state index in [9.17, 15) is 9.59 Å². The number of cyclic esters (lactones) is 1. The standard InChI is InChI=1S/C16H17N3O4/c1-17-16(7-8-16)11-3-5-12(6-4-11)19-10-13(23-15(19)21)9-18-14(20)22-2/h3-6,13H,7-10H2,2H3,(H,18,20). The van der Waals surface area contributed by atoms with Gasteiger partial charge in [0.1, 0.15) is 6.10 Å². The average molecular weight is 315 g/mol. The number of rotatable bonds is 4. The van der Waals surface area contributed by atoms with Gasteiger partial charge in [0.05, 0.1) is 20.2 Å². The smallest absolute Gasteiger partial charge is 0.414 e. The number of ether oxygens (including phenoxy) is 2. The zero-order chi connectivity index (χ0) is 16.4. The predicted octanol–water partition coefficient (Wildman–Crippen LogP) is 2.28. The van der Waals surface area contributed by atoms with Crippen LogP contribution in [0.2, 0.25) is 0 Å². The minimum absolute atomic E-state index is 0.202. The van der Waals surface area contributed by atoms with E-state index in [1.165, 1.54) is 12.0 Å². The van der Waals surface area contributed by atoms with E-state index in [0.29, 0.717) is 6.54 Å². The van der Waals surface area contributed by atoms with Gasteiger partial charge >= 0.3 is 12.2 Å². The largest absolute Gasteiger partial charge is 0.453 e. The Bertz CT molecular complexity index is 661. The number of amides is 2. The lowest BCUT2D eigenvalue weighted by Crippen LogP contribution is -2.34. The zero-order valence-corrected chi connectivity index (χ0v) is 12.7. The molecule has 1 heterocycles. The SMILES string of the molecule is [C-]#[N+]C1(c2ccc(N3CC(CNC(=O)OC)OC3=O)cc2)CC1. The Hall–Kier alpha value is -2.75. The molecular formula is C16H17N3O4. The summed E-state index contributed by atoms with van der Waals surface area (Å²) in [5.41, 5.74) is 1.37. The van der Waals surface area contributed by atoms with Gasteiger partial charge in [-0.1, -0.05) is 0 Å². The maximum atomic E-state index is 12.0. The van der Waals surface area contributed by atoms with Crippen molar-refractivity contribution in [1.82, 2.24) is 5.32 Å². The summed E-state index contributed by atoms with van der Waals surface area (Å²) in [4.78, 5) is 28.2. The van der Waals surface area contributed by atoms with Crippen LogP contribution in [0.1, 0.15) is 18.4 Å². The molecule has 3 rings (SSSR count). The minimum atomic E-state index is -0.558. The van der Waals surface area contributed by atoms with Gasteiger partial charge in [0.25, 0.3) is 5.54 Å². The molecule has 1 saturated heterocycles. The van der Waals surface area contributed by atoms with E-state index in [1.807, 2.05) is 24.3 Å². The van der Waals surface area contributed by atoms with E-state index in [2.05, 4.69) is 14.9 Å². The van der Waals surface area contributed by atoms with Crippen LogP contribution in [-0.2, 0) is 15.0 Å². The second-order valence-corrected chi connectivity index (χ2v) is 5.68. The van der Waals surface area contributed by atoms with Gasteiger partial charge in [-0.3, -0.25) is 4.90 Å². The van der Waals surface area contributed by atoms with Gasteiger partial charge in [-0.25, -0.2) is 16.2 Å². The third kappa shape index (κ3) is 2.93. The molecule has 1 saturated carbocycles. The van der Waals surface area contributed by atoms with E-state index < -0.39 is 18.3 Å². The zero-order valence-electron chi connectivity index (χ0n) is 12.7. The summed E-state index contributed by atoms with van der Waals surface area (Å²) in [6, 6.07) is 7.46. The summed E-state index contributed by atoms with van der Waals surface area (Å²) in [7, 11) is 1.28. The Morgan fingerprint density at radius 2 is 2.17 bits per heavy atom. The highest BCUT2D eigenvalue weighted by molar-refractivity contribution is 5.89. The predicted molar refractivity (Wildman–Crippen MR) is 82.0 cm³/mol. The van der Waals surface area contributed by atoms with Crippen LogP contribution in [0.15, 0.2) is 24.3 Å². The van der Waals surface area contributed by atoms with Gasteiger partial charge in [-0.15, -0.1) is 0 Å². The van der Waals surface area contributed by atoms with Crippen LogP contribution in [0.4, 0.5) is 15.3 Å². The van der Waals surface area contributed by atoms with Gasteiger partial charge in [0.2, 0.25) is 0 Å². The molecule has 0 aromatic heterocycles. The van der Waals surface area contributed by atoms with E-state index in [-0.39, 0.29) is 12.1 Å². The van der Waals surface area contributed by atoms with Crippen LogP contribution in [0.3, 0.4) is 0 Å². The molecule has 0 spiro atoms. The topological polar surface area (TPSA) is 72.2 Å². The van der Waals surface area contributed by atoms with E-state index >= 15 is 0 Å². The molecule has 2 amide bonds. The summed E-state index contributed by atoms with van der Waals surface area (Å²) in [6.45, 7) is 7.84. The molecule has 1 aromatic rings. The van der Waals surface area contributed by atoms with Gasteiger partial charge in [-0.05, 0) is 24.3 Å². The molecule has 0 radical (unpaired) electrons. The number of benzene rings is 1. The maximum Gasteiger partial charge on any atom is 0.414 e. The number of carbonyl (C=O) groups is 2. The van der Waals surface area contributed by atoms with Crippen molar-refractivity contribution in [2.75, 3.05) is 25.1 Å². The molecule has 0 bridgehead atoms. The third-order valence-corrected chi connectivity index (χ3v) is 4.19. The normalized spacial score (nSPS) is 21.3. The van der Waals surface area contributed by atoms with Crippen LogP contribution in [0, 0.1) is 6.57 Å². The van der Waals surface area contributed by atoms with E-state index in [0.717, 1.165) is 24.1 Å². The van der Waals surface area contributed by atoms with Crippen molar-refractivity contribution in [2.45, 2.75) is 24.5 Å². The van der Waals surface area contributed by atoms with E-state index in [4.69, 9.17) is 11.3 Å². The first-order valence-corrected chi connectivity index (χ1v) is 7.37. The maximum absolute atomic E-state index is 12.0. The number of hydrogen-bond donors (Lipinski definition) is 1. The first-order valence-electron chi connectivity index (χ1n) is 7.37. The quantitative estimate of drug-likeness (QED) is 0.865. The highest BCUT2D eigenvalue weighted by Gasteiger charge is 2.52. The number of anilines is 1. The fourth-order valence-corrected chi connectivity index (χ4v) is 2.64. The number of carbonyl (C=O) groups excluding carboxylic acids is 2. The summed E-state index contributed by atoms with van der Waals surface area (Å²) in [6.07, 6.45) is 0.365. The Balaban J connectivity index is 1.64. The molecular weight excluding hydrogens is 298 g/mol. The second kappa shape index (κ2) is 5.80. The summed E-state index contributed by atoms with van der Waals surface area (Å²) >= 11 is 0. The highest BCUT2D eigenvalue weighted by Crippen LogP contribution is 2.49. The Labute approximate surface area is 134 Å². The summed E-state index contributed by atoms with van der Waals surface area (Å²) in [5.74, 6) is 0. The lowest BCUT2D eigenvalue weighted by Gasteiger charge is -2.14. The molecule has 7 heteroatoms. The Morgan fingerprint density at radius 3 is 2.74 bits per heavy atom. The first-order chi connectivity index (χ1) is 11.1. The Kier molecular flexibility index (Phi) is 3.82. The van der Waals surface area contributed by atoms with Crippen LogP contribution in [0.25, 0.3) is 4.85 Å². The molecule has 1 N–H and O–H groups in total. The van der Waals surface area contributed by atoms with Crippen molar-refractivity contribution in [2.24, 2.45) is 0 Å². The monoisotopic (exact) mass is 315 g/mol. The van der Waals surface area contributed by atoms with Gasteiger partial charge in [0, 0.05) is 24.1 Å². The number of nitrogens with one attached hydrogen (secondary N) is 1. The molecule has 1 unspecified atom stereocenters. The summed E-state index contributed by atoms with van der Waals surface area (Å²) in [5, 5.41) is 2.51. The van der Waals surface area contributed by atoms with Crippen LogP contribution in [-0.4, -0.2) is 38.5 Å². The summed E-state index contributed by atoms with van der Waals surface area (Å²) < 4.78 is 9.70. The lowest BCUT2D eigenvalue weighted by atomic mass is 10.1. The van der Waals surface area contributed by atoms with Crippen LogP contribution >= 0.6 is 0 Å². The van der Waals surface area contributed by atoms with E-state index in [1.54, 1.807) is 0 Å². The molecule has 23 heavy (non-hydrogen) atoms. The van der Waals surface area contributed by atoms with Crippen molar-refractivity contribution in [1.29, 1.82) is 0 Å². The number of methoxy groups -OCH3 is 1. The number of nitrogens with zero attached hydrogens (tertiary/aromatic N) is 2. The van der Waals surface area contributed by atoms with Crippen LogP contribution < -0.4 is 10.2 Å². The van der Waals surface area contributed by atoms with Crippen molar-refractivity contribution in [3.05, 3.63) is 41.2 Å². The molecule has 7 nitrogen and oxygen atoms in total. The van der Waals surface area contributed by atoms with Crippen LogP contribution in [0.5, 0.6) is 0 Å². The molecule has 2 aliphatic rings. The molecule has 2 fully saturated rings. The number of hydrogen-bond acceptors (Lipinski definition) is 4. The Morgan fingerprint density at radius 1 is 1.48 bits per heavy atom. The molecule has 1 atom stereocenters. The third-order valence-electron chi connectivity index (χ3n) is 4.19. The highest BCUT2D eigenvalue weighted by atomic mass is 16.6. The number of alkyl carbamates (subject to hydrolysis) is 1. The molecule has 1 aliphatic heterocycles. The molecule has 1 aliphatic carbocycles. The average Bonchev–Trinajstić information content (AvgIpc) is 3.30. The molecule has 120 valence electrons. The van der Waals surface area contributed by atoms with Crippen molar-refractivity contribution < 1.29 is 19.1 Å². The minimum Gasteiger partial charge on any atom is -0.453 e. The fraction of sp³-hybridized carbons (Fsp3) is 0.438. The first kappa shape index (κ1) is 15.2. The van der Waals surface area contributed by atoms with Crippen molar-refractivity contribution in [3.63, 3.8) is 0 Å². The molecule has 1 aromatic carbocycles. The lowest BCUT2D eigenvalue weighted by molar-refractivity contribution is 0.132. The van der Waals surface area contributed by atoms with Crippen molar-refractivity contribution >= 4 is 17.9 Å². The van der Waals surface area contributed by atoms with Gasteiger partial charge in [0.15, 0.2) is 0 Å².